The van der Waals surface area contributed by atoms with Gasteiger partial charge >= 0.3 is 21.2 Å². The normalized spacial score (nSPS) is 11.9. The van der Waals surface area contributed by atoms with Crippen LogP contribution in [0.3, 0.4) is 0 Å². The first-order valence-electron chi connectivity index (χ1n) is 29.5. The second-order valence-electron chi connectivity index (χ2n) is 22.3. The molecule has 543 valence electrons. The second kappa shape index (κ2) is 33.4. The van der Waals surface area contributed by atoms with Gasteiger partial charge in [-0.05, 0) is 132 Å². The molecule has 30 nitrogen and oxygen atoms in total. The summed E-state index contributed by atoms with van der Waals surface area (Å²) in [5.74, 6) is -0.785. The summed E-state index contributed by atoms with van der Waals surface area (Å²) < 4.78 is 186. The van der Waals surface area contributed by atoms with Gasteiger partial charge in [0.1, 0.15) is 53.8 Å². The fourth-order valence-corrected chi connectivity index (χ4v) is 13.4. The van der Waals surface area contributed by atoms with E-state index in [4.69, 9.17) is 25.3 Å². The Bertz CT molecular complexity index is 5900. The zero-order chi connectivity index (χ0) is 75.6. The van der Waals surface area contributed by atoms with E-state index in [2.05, 4.69) is 65.2 Å². The Morgan fingerprint density at radius 2 is 0.619 bits per heavy atom. The van der Waals surface area contributed by atoms with E-state index < -0.39 is 81.3 Å². The number of fused-ring (bicyclic) bond motifs is 4. The molecule has 0 fully saturated rings. The molecule has 0 saturated heterocycles. The molecule has 0 heterocycles. The summed E-state index contributed by atoms with van der Waals surface area (Å²) >= 11 is 0. The number of hydrogen-bond donors (Lipinski definition) is 8. The first kappa shape index (κ1) is 79.4. The summed E-state index contributed by atoms with van der Waals surface area (Å²) in [6, 6.07) is 55.4. The van der Waals surface area contributed by atoms with Gasteiger partial charge in [0.25, 0.3) is 40.5 Å². The minimum Gasteiger partial charge on any atom is -0.506 e. The van der Waals surface area contributed by atoms with Crippen molar-refractivity contribution in [3.63, 3.8) is 0 Å². The molecule has 37 heteroatoms. The van der Waals surface area contributed by atoms with Gasteiger partial charge in [0.2, 0.25) is 0 Å². The van der Waals surface area contributed by atoms with Crippen LogP contribution in [0.1, 0.15) is 33.4 Å². The second-order valence-corrected chi connectivity index (χ2v) is 28.6. The summed E-state index contributed by atoms with van der Waals surface area (Å²) in [6.45, 7) is 3.29. The van der Waals surface area contributed by atoms with Crippen LogP contribution < -0.4 is 0 Å². The number of benzene rings is 12. The summed E-state index contributed by atoms with van der Waals surface area (Å²) in [5, 5.41) is 77.9. The third kappa shape index (κ3) is 20.5. The number of aromatic hydroxyl groups is 4. The zero-order valence-electron chi connectivity index (χ0n) is 53.7. The van der Waals surface area contributed by atoms with Gasteiger partial charge < -0.3 is 20.4 Å². The Hall–Kier alpha value is -11.3. The van der Waals surface area contributed by atoms with Crippen LogP contribution in [0.15, 0.2) is 267 Å². The van der Waals surface area contributed by atoms with E-state index in [1.807, 2.05) is 84.9 Å². The molecule has 12 aromatic carbocycles. The Morgan fingerprint density at radius 1 is 0.295 bits per heavy atom. The van der Waals surface area contributed by atoms with Crippen molar-refractivity contribution in [1.82, 2.24) is 0 Å². The number of aryl methyl sites for hydroxylation is 2. The molecular weight excluding hydrogens is 1540 g/mol. The molecule has 0 aliphatic heterocycles. The van der Waals surface area contributed by atoms with Gasteiger partial charge in [-0.15, -0.1) is 45.7 Å². The number of nitrogens with zero attached hydrogens (tertiary/aromatic N) is 8. The van der Waals surface area contributed by atoms with Gasteiger partial charge in [-0.3, -0.25) is 18.2 Å². The van der Waals surface area contributed by atoms with Gasteiger partial charge in [0.05, 0.1) is 22.7 Å². The molecule has 12 rings (SSSR count). The quantitative estimate of drug-likeness (QED) is 0.0253. The number of hydrogen-bond acceptors (Lipinski definition) is 26. The number of rotatable bonds is 16. The molecule has 0 aliphatic carbocycles. The zero-order valence-corrected chi connectivity index (χ0v) is 59.5. The fourth-order valence-electron chi connectivity index (χ4n) is 10.5. The van der Waals surface area contributed by atoms with Crippen molar-refractivity contribution in [3.05, 3.63) is 240 Å². The van der Waals surface area contributed by atoms with Crippen LogP contribution in [0, 0.1) is 13.8 Å². The standard InChI is InChI=1S/2C34H26N4O8S2.Cu.2O3S/c2*1-20-14-30(38-36-28-13-11-23-16-22(10-12-25(23)34(28)40)15-21-6-3-2-4-7-21)31(39)19-29(20)37-35-24-17-27-26(33(18-24)48(44,45)46)8-5-9-32(27)47(41,42)43;;2*1-4(2)3/h2*2-14,16-19,39-40H,15H2,1H3,(H,41,42,43)(H,44,45,46);;;. The van der Waals surface area contributed by atoms with E-state index in [0.29, 0.717) is 21.9 Å². The van der Waals surface area contributed by atoms with Gasteiger partial charge in [-0.25, -0.2) is 0 Å². The van der Waals surface area contributed by atoms with E-state index in [1.54, 1.807) is 26.0 Å². The van der Waals surface area contributed by atoms with E-state index in [9.17, 15) is 72.3 Å². The molecule has 0 spiro atoms. The molecule has 0 atom stereocenters. The Morgan fingerprint density at radius 3 is 0.952 bits per heavy atom. The summed E-state index contributed by atoms with van der Waals surface area (Å²) in [5.41, 5.74) is 5.98. The van der Waals surface area contributed by atoms with Crippen molar-refractivity contribution in [2.45, 2.75) is 46.3 Å². The topological polar surface area (TPSA) is 500 Å². The van der Waals surface area contributed by atoms with Crippen LogP contribution in [0.5, 0.6) is 23.0 Å². The van der Waals surface area contributed by atoms with E-state index in [-0.39, 0.29) is 107 Å². The Kier molecular flexibility index (Phi) is 25.3. The van der Waals surface area contributed by atoms with Crippen molar-refractivity contribution in [2.24, 2.45) is 40.9 Å². The molecule has 0 unspecified atom stereocenters. The molecule has 1 radical (unpaired) electrons. The molecule has 8 N–H and O–H groups in total. The van der Waals surface area contributed by atoms with E-state index in [1.165, 1.54) is 71.8 Å². The Labute approximate surface area is 610 Å². The number of phenolic OH excluding ortho intramolecular Hbond substituents is 4. The largest absolute Gasteiger partial charge is 0.506 e. The maximum absolute atomic E-state index is 12.1. The van der Waals surface area contributed by atoms with Gasteiger partial charge in [-0.2, -0.15) is 54.1 Å². The van der Waals surface area contributed by atoms with Crippen molar-refractivity contribution in [2.75, 3.05) is 0 Å². The van der Waals surface area contributed by atoms with E-state index in [0.717, 1.165) is 59.0 Å². The minimum atomic E-state index is -4.83. The van der Waals surface area contributed by atoms with Crippen LogP contribution in [0.2, 0.25) is 0 Å². The predicted octanol–water partition coefficient (Wildman–Crippen LogP) is 15.2. The third-order valence-electron chi connectivity index (χ3n) is 15.2. The Balaban J connectivity index is 0.000000239. The van der Waals surface area contributed by atoms with Crippen LogP contribution >= 0.6 is 0 Å². The SMILES string of the molecule is Cc1cc(N=Nc2ccc3cc(Cc4ccccc4)ccc3c2O)c(O)cc1N=Nc1cc(S(=O)(=O)O)c2cccc(S(=O)(=O)O)c2c1.Cc1cc(N=Nc2ccc3cc(Cc4ccccc4)ccc3c2O)c(O)cc1N=Nc1cc(S(=O)(=O)O)c2cccc(S(=O)(=O)O)c2c1.O=S(=O)=O.O=S(=O)=O.[Cu]. The summed E-state index contributed by atoms with van der Waals surface area (Å²) in [7, 11) is -25.4. The van der Waals surface area contributed by atoms with E-state index >= 15 is 0 Å². The van der Waals surface area contributed by atoms with Gasteiger partial charge in [0, 0.05) is 61.5 Å². The molecular formula is C68H52CuN8O22S6. The average Bonchev–Trinajstić information content (AvgIpc) is 0.771. The molecule has 0 amide bonds. The maximum Gasteiger partial charge on any atom is 0.425 e. The predicted molar refractivity (Wildman–Crippen MR) is 379 cm³/mol. The summed E-state index contributed by atoms with van der Waals surface area (Å²) in [6.07, 6.45) is 1.49. The molecule has 0 aromatic heterocycles. The van der Waals surface area contributed by atoms with Crippen LogP contribution in [0.25, 0.3) is 43.1 Å². The first-order valence-corrected chi connectivity index (χ1v) is 37.3. The molecule has 0 aliphatic rings. The molecule has 12 aromatic rings. The molecule has 105 heavy (non-hydrogen) atoms. The third-order valence-corrected chi connectivity index (χ3v) is 18.8. The van der Waals surface area contributed by atoms with Crippen molar-refractivity contribution in [1.29, 1.82) is 0 Å². The number of azo groups is 4. The summed E-state index contributed by atoms with van der Waals surface area (Å²) in [4.78, 5) is -2.45. The van der Waals surface area contributed by atoms with Crippen molar-refractivity contribution < 1.29 is 115 Å². The fraction of sp³-hybridized carbons (Fsp3) is 0.0588. The minimum absolute atomic E-state index is 0. The molecule has 0 saturated carbocycles. The monoisotopic (exact) mass is 1590 g/mol. The average molecular weight is 1590 g/mol. The molecule has 0 bridgehead atoms. The van der Waals surface area contributed by atoms with Crippen LogP contribution in [-0.2, 0) is 91.6 Å². The van der Waals surface area contributed by atoms with Gasteiger partial charge in [-0.1, -0.05) is 133 Å². The van der Waals surface area contributed by atoms with Crippen LogP contribution in [-0.4, -0.2) is 97.6 Å². The van der Waals surface area contributed by atoms with Crippen molar-refractivity contribution in [3.8, 4) is 23.0 Å². The number of phenols is 4. The first-order chi connectivity index (χ1) is 49.0. The maximum atomic E-state index is 12.1. The van der Waals surface area contributed by atoms with Crippen molar-refractivity contribution >= 4 is 150 Å². The van der Waals surface area contributed by atoms with Gasteiger partial charge in [0.15, 0.2) is 11.5 Å². The smallest absolute Gasteiger partial charge is 0.425 e. The van der Waals surface area contributed by atoms with Crippen LogP contribution in [0.4, 0.5) is 45.5 Å².